The Kier molecular flexibility index (Phi) is 3.59. The van der Waals surface area contributed by atoms with E-state index < -0.39 is 6.17 Å². The summed E-state index contributed by atoms with van der Waals surface area (Å²) in [5.41, 5.74) is 3.10. The van der Waals surface area contributed by atoms with Gasteiger partial charge in [0, 0.05) is 18.5 Å². The minimum atomic E-state index is -0.856. The number of piperidine rings is 1. The number of allylic oxidation sites excluding steroid dienone is 1. The van der Waals surface area contributed by atoms with Crippen molar-refractivity contribution >= 4 is 5.57 Å². The van der Waals surface area contributed by atoms with Crippen LogP contribution < -0.4 is 0 Å². The molecule has 1 saturated heterocycles. The van der Waals surface area contributed by atoms with Crippen molar-refractivity contribution in [1.82, 2.24) is 4.90 Å². The first-order valence-corrected chi connectivity index (χ1v) is 7.56. The highest BCUT2D eigenvalue weighted by molar-refractivity contribution is 5.61. The van der Waals surface area contributed by atoms with Gasteiger partial charge in [-0.05, 0) is 37.4 Å². The summed E-state index contributed by atoms with van der Waals surface area (Å²) in [6.07, 6.45) is 0.716. The van der Waals surface area contributed by atoms with Crippen LogP contribution in [-0.4, -0.2) is 24.2 Å². The second-order valence-corrected chi connectivity index (χ2v) is 6.55. The first kappa shape index (κ1) is 14.3. The molecule has 0 N–H and O–H groups in total. The molecule has 0 amide bonds. The third-order valence-corrected chi connectivity index (χ3v) is 5.06. The van der Waals surface area contributed by atoms with Crippen LogP contribution in [0.3, 0.4) is 0 Å². The molecular formula is C18H21FN2. The predicted octanol–water partition coefficient (Wildman–Crippen LogP) is 3.79. The van der Waals surface area contributed by atoms with Crippen LogP contribution in [0.1, 0.15) is 30.9 Å². The van der Waals surface area contributed by atoms with E-state index in [-0.39, 0.29) is 11.3 Å². The zero-order valence-electron chi connectivity index (χ0n) is 12.5. The molecule has 2 fully saturated rings. The average molecular weight is 284 g/mol. The molecule has 2 aliphatic rings. The molecule has 1 aliphatic heterocycles. The first-order chi connectivity index (χ1) is 10.0. The number of hydrogen-bond acceptors (Lipinski definition) is 2. The van der Waals surface area contributed by atoms with E-state index >= 15 is 0 Å². The lowest BCUT2D eigenvalue weighted by Gasteiger charge is -2.35. The standard InChI is InChI=1S/C18H21FN2/c1-13(2)15-5-3-14(4-6-15)11-21-8-7-18(17(19)12-21)9-16(18)10-20/h3-6,16-17H,1,7-9,11-12H2,2H3. The summed E-state index contributed by atoms with van der Waals surface area (Å²) in [4.78, 5) is 2.17. The van der Waals surface area contributed by atoms with E-state index in [1.165, 1.54) is 5.56 Å². The van der Waals surface area contributed by atoms with Gasteiger partial charge in [0.2, 0.25) is 0 Å². The quantitative estimate of drug-likeness (QED) is 0.844. The Morgan fingerprint density at radius 3 is 2.71 bits per heavy atom. The number of halogens is 1. The SMILES string of the molecule is C=C(C)c1ccc(CN2CCC3(CC3C#N)C(F)C2)cc1. The van der Waals surface area contributed by atoms with Crippen LogP contribution in [0, 0.1) is 22.7 Å². The van der Waals surface area contributed by atoms with Crippen molar-refractivity contribution in [3.8, 4) is 6.07 Å². The number of likely N-dealkylation sites (tertiary alicyclic amines) is 1. The van der Waals surface area contributed by atoms with Crippen LogP contribution >= 0.6 is 0 Å². The fourth-order valence-electron chi connectivity index (χ4n) is 3.44. The molecule has 1 aliphatic carbocycles. The molecule has 3 rings (SSSR count). The number of hydrogen-bond donors (Lipinski definition) is 0. The third-order valence-electron chi connectivity index (χ3n) is 5.06. The molecule has 0 bridgehead atoms. The summed E-state index contributed by atoms with van der Waals surface area (Å²) >= 11 is 0. The second kappa shape index (κ2) is 5.27. The van der Waals surface area contributed by atoms with Crippen molar-refractivity contribution in [3.05, 3.63) is 42.0 Å². The maximum absolute atomic E-state index is 14.4. The highest BCUT2D eigenvalue weighted by Gasteiger charge is 2.61. The Hall–Kier alpha value is -1.66. The smallest absolute Gasteiger partial charge is 0.120 e. The highest BCUT2D eigenvalue weighted by atomic mass is 19.1. The lowest BCUT2D eigenvalue weighted by Crippen LogP contribution is -2.43. The Morgan fingerprint density at radius 2 is 2.19 bits per heavy atom. The van der Waals surface area contributed by atoms with Gasteiger partial charge in [-0.3, -0.25) is 4.90 Å². The molecule has 1 spiro atoms. The molecule has 3 heteroatoms. The minimum absolute atomic E-state index is 0.0514. The molecule has 1 heterocycles. The number of rotatable bonds is 3. The van der Waals surface area contributed by atoms with E-state index in [0.29, 0.717) is 6.54 Å². The molecule has 1 aromatic carbocycles. The lowest BCUT2D eigenvalue weighted by molar-refractivity contribution is 0.0612. The normalized spacial score (nSPS) is 31.9. The van der Waals surface area contributed by atoms with Gasteiger partial charge in [-0.1, -0.05) is 36.4 Å². The van der Waals surface area contributed by atoms with Gasteiger partial charge in [0.1, 0.15) is 6.17 Å². The Morgan fingerprint density at radius 1 is 1.48 bits per heavy atom. The molecular weight excluding hydrogens is 263 g/mol. The molecule has 1 saturated carbocycles. The molecule has 21 heavy (non-hydrogen) atoms. The van der Waals surface area contributed by atoms with E-state index in [4.69, 9.17) is 5.26 Å². The molecule has 0 radical (unpaired) electrons. The molecule has 3 unspecified atom stereocenters. The zero-order valence-corrected chi connectivity index (χ0v) is 12.5. The third kappa shape index (κ3) is 2.61. The number of benzene rings is 1. The van der Waals surface area contributed by atoms with E-state index in [1.807, 2.05) is 6.92 Å². The lowest BCUT2D eigenvalue weighted by atomic mass is 9.89. The van der Waals surface area contributed by atoms with Crippen LogP contribution in [0.25, 0.3) is 5.57 Å². The van der Waals surface area contributed by atoms with Crippen molar-refractivity contribution in [2.45, 2.75) is 32.5 Å². The van der Waals surface area contributed by atoms with E-state index in [9.17, 15) is 4.39 Å². The summed E-state index contributed by atoms with van der Waals surface area (Å²) in [5.74, 6) is -0.0514. The summed E-state index contributed by atoms with van der Waals surface area (Å²) in [6.45, 7) is 8.06. The summed E-state index contributed by atoms with van der Waals surface area (Å²) in [6, 6.07) is 10.6. The molecule has 3 atom stereocenters. The zero-order chi connectivity index (χ0) is 15.0. The van der Waals surface area contributed by atoms with Crippen LogP contribution in [-0.2, 0) is 6.54 Å². The van der Waals surface area contributed by atoms with Crippen molar-refractivity contribution in [1.29, 1.82) is 5.26 Å². The van der Waals surface area contributed by atoms with E-state index in [0.717, 1.165) is 37.1 Å². The van der Waals surface area contributed by atoms with E-state index in [1.54, 1.807) is 0 Å². The van der Waals surface area contributed by atoms with Crippen molar-refractivity contribution < 1.29 is 4.39 Å². The number of nitriles is 1. The maximum Gasteiger partial charge on any atom is 0.120 e. The molecule has 1 aromatic rings. The fraction of sp³-hybridized carbons (Fsp3) is 0.500. The number of nitrogens with zero attached hydrogens (tertiary/aromatic N) is 2. The Balaban J connectivity index is 1.60. The van der Waals surface area contributed by atoms with Gasteiger partial charge >= 0.3 is 0 Å². The van der Waals surface area contributed by atoms with Gasteiger partial charge in [-0.25, -0.2) is 4.39 Å². The van der Waals surface area contributed by atoms with Gasteiger partial charge in [-0.15, -0.1) is 0 Å². The van der Waals surface area contributed by atoms with Crippen molar-refractivity contribution in [2.75, 3.05) is 13.1 Å². The van der Waals surface area contributed by atoms with Crippen LogP contribution in [0.15, 0.2) is 30.8 Å². The van der Waals surface area contributed by atoms with Crippen LogP contribution in [0.5, 0.6) is 0 Å². The van der Waals surface area contributed by atoms with Crippen LogP contribution in [0.2, 0.25) is 0 Å². The second-order valence-electron chi connectivity index (χ2n) is 6.55. The Labute approximate surface area is 125 Å². The number of alkyl halides is 1. The topological polar surface area (TPSA) is 27.0 Å². The molecule has 2 nitrogen and oxygen atoms in total. The monoisotopic (exact) mass is 284 g/mol. The summed E-state index contributed by atoms with van der Waals surface area (Å²) in [5, 5.41) is 8.98. The van der Waals surface area contributed by atoms with Gasteiger partial charge in [-0.2, -0.15) is 5.26 Å². The van der Waals surface area contributed by atoms with Crippen molar-refractivity contribution in [3.63, 3.8) is 0 Å². The largest absolute Gasteiger partial charge is 0.296 e. The van der Waals surface area contributed by atoms with Gasteiger partial charge in [0.25, 0.3) is 0 Å². The van der Waals surface area contributed by atoms with Gasteiger partial charge in [0.05, 0.1) is 12.0 Å². The first-order valence-electron chi connectivity index (χ1n) is 7.56. The average Bonchev–Trinajstić information content (AvgIpc) is 3.18. The van der Waals surface area contributed by atoms with Crippen molar-refractivity contribution in [2.24, 2.45) is 11.3 Å². The minimum Gasteiger partial charge on any atom is -0.296 e. The molecule has 0 aromatic heterocycles. The molecule has 110 valence electrons. The summed E-state index contributed by atoms with van der Waals surface area (Å²) < 4.78 is 14.4. The Bertz CT molecular complexity index is 586. The summed E-state index contributed by atoms with van der Waals surface area (Å²) in [7, 11) is 0. The highest BCUT2D eigenvalue weighted by Crippen LogP contribution is 2.60. The van der Waals surface area contributed by atoms with Crippen LogP contribution in [0.4, 0.5) is 4.39 Å². The fourth-order valence-corrected chi connectivity index (χ4v) is 3.44. The van der Waals surface area contributed by atoms with Gasteiger partial charge in [0.15, 0.2) is 0 Å². The maximum atomic E-state index is 14.4. The van der Waals surface area contributed by atoms with Gasteiger partial charge < -0.3 is 0 Å². The predicted molar refractivity (Wildman–Crippen MR) is 82.1 cm³/mol. The van der Waals surface area contributed by atoms with E-state index in [2.05, 4.69) is 41.8 Å².